The van der Waals surface area contributed by atoms with Gasteiger partial charge in [-0.25, -0.2) is 0 Å². The quantitative estimate of drug-likeness (QED) is 0.766. The van der Waals surface area contributed by atoms with E-state index in [1.54, 1.807) is 0 Å². The van der Waals surface area contributed by atoms with Crippen LogP contribution < -0.4 is 9.80 Å². The molecule has 0 aromatic heterocycles. The lowest BCUT2D eigenvalue weighted by atomic mass is 10.1. The Morgan fingerprint density at radius 3 is 2.06 bits per heavy atom. The van der Waals surface area contributed by atoms with Gasteiger partial charge in [0.05, 0.1) is 11.4 Å². The molecular formula is C15H22N2O. The number of fused-ring (bicyclic) bond motifs is 1. The number of anilines is 2. The number of carbonyl (C=O) groups is 1. The normalized spacial score (nSPS) is 15.2. The number of aldehydes is 1. The van der Waals surface area contributed by atoms with Crippen molar-refractivity contribution in [3.05, 3.63) is 23.8 Å². The van der Waals surface area contributed by atoms with Crippen LogP contribution in [0, 0.1) is 0 Å². The van der Waals surface area contributed by atoms with E-state index in [2.05, 4.69) is 43.6 Å². The van der Waals surface area contributed by atoms with E-state index < -0.39 is 0 Å². The fraction of sp³-hybridized carbons (Fsp3) is 0.533. The van der Waals surface area contributed by atoms with Crippen LogP contribution in [-0.2, 0) is 0 Å². The summed E-state index contributed by atoms with van der Waals surface area (Å²) in [7, 11) is 0. The minimum atomic E-state index is 0.458. The van der Waals surface area contributed by atoms with Gasteiger partial charge in [-0.15, -0.1) is 0 Å². The minimum Gasteiger partial charge on any atom is -0.366 e. The van der Waals surface area contributed by atoms with E-state index in [1.165, 1.54) is 11.4 Å². The van der Waals surface area contributed by atoms with E-state index in [-0.39, 0.29) is 0 Å². The Balaban J connectivity index is 2.49. The van der Waals surface area contributed by atoms with E-state index in [0.29, 0.717) is 12.1 Å². The van der Waals surface area contributed by atoms with Gasteiger partial charge in [-0.1, -0.05) is 0 Å². The van der Waals surface area contributed by atoms with Gasteiger partial charge in [0.1, 0.15) is 6.29 Å². The third kappa shape index (κ3) is 2.22. The van der Waals surface area contributed by atoms with Crippen molar-refractivity contribution in [2.24, 2.45) is 0 Å². The van der Waals surface area contributed by atoms with Gasteiger partial charge in [0.15, 0.2) is 0 Å². The zero-order chi connectivity index (χ0) is 13.3. The van der Waals surface area contributed by atoms with Crippen molar-refractivity contribution in [3.8, 4) is 0 Å². The number of carbonyl (C=O) groups excluding carboxylic acids is 1. The van der Waals surface area contributed by atoms with Gasteiger partial charge in [-0.05, 0) is 45.9 Å². The topological polar surface area (TPSA) is 23.6 Å². The molecule has 0 saturated carbocycles. The maximum Gasteiger partial charge on any atom is 0.150 e. The first kappa shape index (κ1) is 12.9. The minimum absolute atomic E-state index is 0.458. The van der Waals surface area contributed by atoms with E-state index >= 15 is 0 Å². The summed E-state index contributed by atoms with van der Waals surface area (Å²) in [5.74, 6) is 0. The largest absolute Gasteiger partial charge is 0.366 e. The smallest absolute Gasteiger partial charge is 0.150 e. The van der Waals surface area contributed by atoms with Crippen molar-refractivity contribution in [2.75, 3.05) is 22.9 Å². The molecule has 0 spiro atoms. The summed E-state index contributed by atoms with van der Waals surface area (Å²) in [6.45, 7) is 10.9. The number of nitrogens with zero attached hydrogens (tertiary/aromatic N) is 2. The molecule has 3 nitrogen and oxygen atoms in total. The van der Waals surface area contributed by atoms with Crippen LogP contribution in [0.1, 0.15) is 38.1 Å². The number of hydrogen-bond acceptors (Lipinski definition) is 3. The van der Waals surface area contributed by atoms with Crippen molar-refractivity contribution in [1.29, 1.82) is 0 Å². The van der Waals surface area contributed by atoms with Crippen molar-refractivity contribution >= 4 is 17.7 Å². The van der Waals surface area contributed by atoms with Crippen LogP contribution in [0.5, 0.6) is 0 Å². The summed E-state index contributed by atoms with van der Waals surface area (Å²) < 4.78 is 0. The first-order valence-corrected chi connectivity index (χ1v) is 6.67. The molecule has 0 atom stereocenters. The molecule has 1 aromatic carbocycles. The maximum absolute atomic E-state index is 11.0. The summed E-state index contributed by atoms with van der Waals surface area (Å²) in [5.41, 5.74) is 3.19. The molecular weight excluding hydrogens is 224 g/mol. The Hall–Kier alpha value is -1.51. The lowest BCUT2D eigenvalue weighted by Gasteiger charge is -2.43. The van der Waals surface area contributed by atoms with Gasteiger partial charge in [-0.2, -0.15) is 0 Å². The van der Waals surface area contributed by atoms with Crippen LogP contribution in [0.2, 0.25) is 0 Å². The van der Waals surface area contributed by atoms with Gasteiger partial charge in [-0.3, -0.25) is 4.79 Å². The standard InChI is InChI=1S/C15H22N2O/c1-11(2)16-7-8-17(12(3)4)15-9-13(10-18)5-6-14(15)16/h5-6,9-12H,7-8H2,1-4H3. The zero-order valence-corrected chi connectivity index (χ0v) is 11.7. The third-order valence-corrected chi connectivity index (χ3v) is 3.58. The Labute approximate surface area is 109 Å². The monoisotopic (exact) mass is 246 g/mol. The van der Waals surface area contributed by atoms with Gasteiger partial charge < -0.3 is 9.80 Å². The molecule has 0 saturated heterocycles. The van der Waals surface area contributed by atoms with E-state index in [1.807, 2.05) is 12.1 Å². The lowest BCUT2D eigenvalue weighted by molar-refractivity contribution is 0.112. The Morgan fingerprint density at radius 1 is 1.00 bits per heavy atom. The Morgan fingerprint density at radius 2 is 1.56 bits per heavy atom. The highest BCUT2D eigenvalue weighted by molar-refractivity contribution is 5.83. The highest BCUT2D eigenvalue weighted by Crippen LogP contribution is 2.35. The molecule has 0 bridgehead atoms. The average Bonchev–Trinajstić information content (AvgIpc) is 2.36. The summed E-state index contributed by atoms with van der Waals surface area (Å²) in [6, 6.07) is 6.94. The molecule has 1 aliphatic rings. The SMILES string of the molecule is CC(C)N1CCN(C(C)C)c2cc(C=O)ccc21. The molecule has 1 aliphatic heterocycles. The van der Waals surface area contributed by atoms with Gasteiger partial charge in [0, 0.05) is 30.7 Å². The van der Waals surface area contributed by atoms with Crippen molar-refractivity contribution < 1.29 is 4.79 Å². The number of rotatable bonds is 3. The van der Waals surface area contributed by atoms with Crippen LogP contribution >= 0.6 is 0 Å². The predicted octanol–water partition coefficient (Wildman–Crippen LogP) is 2.94. The number of hydrogen-bond donors (Lipinski definition) is 0. The molecule has 0 fully saturated rings. The van der Waals surface area contributed by atoms with Crippen LogP contribution in [0.15, 0.2) is 18.2 Å². The van der Waals surface area contributed by atoms with Gasteiger partial charge in [0.2, 0.25) is 0 Å². The molecule has 0 unspecified atom stereocenters. The van der Waals surface area contributed by atoms with Crippen molar-refractivity contribution in [3.63, 3.8) is 0 Å². The predicted molar refractivity (Wildman–Crippen MR) is 76.8 cm³/mol. The second-order valence-corrected chi connectivity index (χ2v) is 5.44. The van der Waals surface area contributed by atoms with Gasteiger partial charge >= 0.3 is 0 Å². The first-order chi connectivity index (χ1) is 8.54. The second-order valence-electron chi connectivity index (χ2n) is 5.44. The molecule has 0 radical (unpaired) electrons. The molecule has 1 heterocycles. The molecule has 0 aliphatic carbocycles. The van der Waals surface area contributed by atoms with Crippen molar-refractivity contribution in [2.45, 2.75) is 39.8 Å². The third-order valence-electron chi connectivity index (χ3n) is 3.58. The van der Waals surface area contributed by atoms with E-state index in [0.717, 1.165) is 24.9 Å². The lowest BCUT2D eigenvalue weighted by Crippen LogP contribution is -2.46. The van der Waals surface area contributed by atoms with E-state index in [9.17, 15) is 4.79 Å². The van der Waals surface area contributed by atoms with Crippen LogP contribution in [0.25, 0.3) is 0 Å². The molecule has 98 valence electrons. The summed E-state index contributed by atoms with van der Waals surface area (Å²) in [4.78, 5) is 15.7. The molecule has 1 aromatic rings. The van der Waals surface area contributed by atoms with Gasteiger partial charge in [0.25, 0.3) is 0 Å². The molecule has 0 N–H and O–H groups in total. The van der Waals surface area contributed by atoms with Crippen molar-refractivity contribution in [1.82, 2.24) is 0 Å². The Kier molecular flexibility index (Phi) is 3.60. The second kappa shape index (κ2) is 5.01. The fourth-order valence-corrected chi connectivity index (χ4v) is 2.62. The zero-order valence-electron chi connectivity index (χ0n) is 11.7. The summed E-state index contributed by atoms with van der Waals surface area (Å²) >= 11 is 0. The number of benzene rings is 1. The van der Waals surface area contributed by atoms with Crippen LogP contribution in [0.3, 0.4) is 0 Å². The molecule has 0 amide bonds. The van der Waals surface area contributed by atoms with Crippen LogP contribution in [-0.4, -0.2) is 31.5 Å². The molecule has 18 heavy (non-hydrogen) atoms. The molecule has 3 heteroatoms. The summed E-state index contributed by atoms with van der Waals surface area (Å²) in [6.07, 6.45) is 0.924. The highest BCUT2D eigenvalue weighted by Gasteiger charge is 2.25. The highest BCUT2D eigenvalue weighted by atomic mass is 16.1. The maximum atomic E-state index is 11.0. The Bertz CT molecular complexity index is 440. The average molecular weight is 246 g/mol. The first-order valence-electron chi connectivity index (χ1n) is 6.67. The van der Waals surface area contributed by atoms with Crippen LogP contribution in [0.4, 0.5) is 11.4 Å². The van der Waals surface area contributed by atoms with E-state index in [4.69, 9.17) is 0 Å². The molecule has 2 rings (SSSR count). The fourth-order valence-electron chi connectivity index (χ4n) is 2.62. The summed E-state index contributed by atoms with van der Waals surface area (Å²) in [5, 5.41) is 0.